The van der Waals surface area contributed by atoms with Crippen LogP contribution in [-0.2, 0) is 4.79 Å². The van der Waals surface area contributed by atoms with E-state index in [2.05, 4.69) is 39.0 Å². The van der Waals surface area contributed by atoms with Crippen molar-refractivity contribution in [1.29, 1.82) is 0 Å². The molecular weight excluding hydrogens is 296 g/mol. The van der Waals surface area contributed by atoms with Crippen LogP contribution in [-0.4, -0.2) is 17.0 Å². The van der Waals surface area contributed by atoms with Gasteiger partial charge in [-0.2, -0.15) is 0 Å². The minimum Gasteiger partial charge on any atom is -0.389 e. The molecule has 0 aromatic rings. The largest absolute Gasteiger partial charge is 0.389 e. The molecular formula is C22H38O2. The zero-order valence-electron chi connectivity index (χ0n) is 16.0. The molecule has 1 aliphatic rings. The van der Waals surface area contributed by atoms with E-state index in [9.17, 15) is 9.90 Å². The molecule has 0 aromatic carbocycles. The molecule has 0 aliphatic heterocycles. The van der Waals surface area contributed by atoms with Gasteiger partial charge in [0, 0.05) is 12.3 Å². The SMILES string of the molecule is C/C=C/CCCC[C@H]1C(=O)CC[C@@H]1/C=C/[C@@H](O)C[C@@H](C)CCCC. The third-order valence-electron chi connectivity index (χ3n) is 5.30. The summed E-state index contributed by atoms with van der Waals surface area (Å²) >= 11 is 0. The van der Waals surface area contributed by atoms with Crippen molar-refractivity contribution in [1.82, 2.24) is 0 Å². The minimum atomic E-state index is -0.358. The zero-order chi connectivity index (χ0) is 17.8. The third kappa shape index (κ3) is 8.28. The first-order chi connectivity index (χ1) is 11.6. The number of hydrogen-bond donors (Lipinski definition) is 1. The average Bonchev–Trinajstić information content (AvgIpc) is 2.91. The van der Waals surface area contributed by atoms with Gasteiger partial charge in [-0.05, 0) is 50.9 Å². The van der Waals surface area contributed by atoms with Crippen LogP contribution in [0.4, 0.5) is 0 Å². The average molecular weight is 335 g/mol. The summed E-state index contributed by atoms with van der Waals surface area (Å²) in [6.07, 6.45) is 18.6. The second-order valence-corrected chi connectivity index (χ2v) is 7.56. The number of aliphatic hydroxyl groups excluding tert-OH is 1. The quantitative estimate of drug-likeness (QED) is 0.359. The number of carbonyl (C=O) groups excluding carboxylic acids is 1. The van der Waals surface area contributed by atoms with Gasteiger partial charge in [-0.15, -0.1) is 0 Å². The van der Waals surface area contributed by atoms with Gasteiger partial charge in [-0.25, -0.2) is 0 Å². The van der Waals surface area contributed by atoms with Crippen molar-refractivity contribution in [3.8, 4) is 0 Å². The minimum absolute atomic E-state index is 0.191. The van der Waals surface area contributed by atoms with Crippen LogP contribution >= 0.6 is 0 Å². The summed E-state index contributed by atoms with van der Waals surface area (Å²) in [4.78, 5) is 12.1. The number of Topliss-reactive ketones (excluding diaryl/α,β-unsaturated/α-hetero) is 1. The number of ketones is 1. The monoisotopic (exact) mass is 334 g/mol. The topological polar surface area (TPSA) is 37.3 Å². The Kier molecular flexibility index (Phi) is 11.0. The van der Waals surface area contributed by atoms with E-state index in [0.29, 0.717) is 17.6 Å². The number of aliphatic hydroxyl groups is 1. The van der Waals surface area contributed by atoms with Gasteiger partial charge >= 0.3 is 0 Å². The van der Waals surface area contributed by atoms with Gasteiger partial charge < -0.3 is 5.11 Å². The highest BCUT2D eigenvalue weighted by Gasteiger charge is 2.32. The molecule has 1 aliphatic carbocycles. The van der Waals surface area contributed by atoms with Crippen LogP contribution in [0, 0.1) is 17.8 Å². The molecule has 1 N–H and O–H groups in total. The lowest BCUT2D eigenvalue weighted by Gasteiger charge is -2.17. The van der Waals surface area contributed by atoms with Crippen molar-refractivity contribution in [2.75, 3.05) is 0 Å². The van der Waals surface area contributed by atoms with Crippen LogP contribution in [0.2, 0.25) is 0 Å². The maximum absolute atomic E-state index is 12.1. The maximum atomic E-state index is 12.1. The molecule has 2 heteroatoms. The molecule has 0 spiro atoms. The van der Waals surface area contributed by atoms with Crippen LogP contribution in [0.3, 0.4) is 0 Å². The van der Waals surface area contributed by atoms with Gasteiger partial charge in [0.25, 0.3) is 0 Å². The Balaban J connectivity index is 2.38. The Morgan fingerprint density at radius 3 is 2.79 bits per heavy atom. The highest BCUT2D eigenvalue weighted by Crippen LogP contribution is 2.34. The summed E-state index contributed by atoms with van der Waals surface area (Å²) in [6.45, 7) is 6.48. The van der Waals surface area contributed by atoms with E-state index in [4.69, 9.17) is 0 Å². The molecule has 24 heavy (non-hydrogen) atoms. The Bertz CT molecular complexity index is 397. The first-order valence-corrected chi connectivity index (χ1v) is 10.1. The molecule has 0 radical (unpaired) electrons. The number of unbranched alkanes of at least 4 members (excludes halogenated alkanes) is 3. The van der Waals surface area contributed by atoms with Gasteiger partial charge in [-0.1, -0.05) is 63.8 Å². The van der Waals surface area contributed by atoms with Crippen molar-refractivity contribution in [2.45, 2.75) is 91.1 Å². The van der Waals surface area contributed by atoms with E-state index < -0.39 is 0 Å². The van der Waals surface area contributed by atoms with Crippen LogP contribution in [0.1, 0.15) is 85.0 Å². The van der Waals surface area contributed by atoms with Gasteiger partial charge in [0.2, 0.25) is 0 Å². The highest BCUT2D eigenvalue weighted by atomic mass is 16.3. The Hall–Kier alpha value is -0.890. The Morgan fingerprint density at radius 1 is 1.29 bits per heavy atom. The van der Waals surface area contributed by atoms with Crippen molar-refractivity contribution >= 4 is 5.78 Å². The van der Waals surface area contributed by atoms with Gasteiger partial charge in [0.1, 0.15) is 5.78 Å². The van der Waals surface area contributed by atoms with Crippen molar-refractivity contribution in [3.63, 3.8) is 0 Å². The predicted molar refractivity (Wildman–Crippen MR) is 103 cm³/mol. The molecule has 1 rings (SSSR count). The molecule has 1 saturated carbocycles. The first-order valence-electron chi connectivity index (χ1n) is 10.1. The summed E-state index contributed by atoms with van der Waals surface area (Å²) in [5.41, 5.74) is 0. The normalized spacial score (nSPS) is 24.2. The van der Waals surface area contributed by atoms with E-state index in [1.54, 1.807) is 0 Å². The molecule has 4 atom stereocenters. The first kappa shape index (κ1) is 21.2. The summed E-state index contributed by atoms with van der Waals surface area (Å²) < 4.78 is 0. The summed E-state index contributed by atoms with van der Waals surface area (Å²) in [5.74, 6) is 1.54. The van der Waals surface area contributed by atoms with E-state index in [1.165, 1.54) is 25.7 Å². The van der Waals surface area contributed by atoms with Gasteiger partial charge in [-0.3, -0.25) is 4.79 Å². The predicted octanol–water partition coefficient (Wildman–Crippen LogP) is 5.85. The molecule has 0 bridgehead atoms. The lowest BCUT2D eigenvalue weighted by Crippen LogP contribution is -2.14. The van der Waals surface area contributed by atoms with Crippen LogP contribution in [0.15, 0.2) is 24.3 Å². The Morgan fingerprint density at radius 2 is 2.08 bits per heavy atom. The molecule has 0 unspecified atom stereocenters. The second-order valence-electron chi connectivity index (χ2n) is 7.56. The van der Waals surface area contributed by atoms with E-state index >= 15 is 0 Å². The van der Waals surface area contributed by atoms with E-state index in [-0.39, 0.29) is 12.0 Å². The fraction of sp³-hybridized carbons (Fsp3) is 0.773. The third-order valence-corrected chi connectivity index (χ3v) is 5.30. The fourth-order valence-corrected chi connectivity index (χ4v) is 3.77. The molecule has 1 fully saturated rings. The molecule has 0 heterocycles. The number of allylic oxidation sites excluding steroid dienone is 3. The van der Waals surface area contributed by atoms with Crippen molar-refractivity contribution < 1.29 is 9.90 Å². The zero-order valence-corrected chi connectivity index (χ0v) is 16.0. The molecule has 0 saturated heterocycles. The van der Waals surface area contributed by atoms with Crippen LogP contribution in [0.25, 0.3) is 0 Å². The van der Waals surface area contributed by atoms with Crippen molar-refractivity contribution in [3.05, 3.63) is 24.3 Å². The summed E-state index contributed by atoms with van der Waals surface area (Å²) in [7, 11) is 0. The lowest BCUT2D eigenvalue weighted by molar-refractivity contribution is -0.121. The van der Waals surface area contributed by atoms with E-state index in [1.807, 2.05) is 6.08 Å². The highest BCUT2D eigenvalue weighted by molar-refractivity contribution is 5.83. The summed E-state index contributed by atoms with van der Waals surface area (Å²) in [6, 6.07) is 0. The van der Waals surface area contributed by atoms with Crippen molar-refractivity contribution in [2.24, 2.45) is 17.8 Å². The lowest BCUT2D eigenvalue weighted by atomic mass is 9.89. The van der Waals surface area contributed by atoms with Crippen LogP contribution < -0.4 is 0 Å². The second kappa shape index (κ2) is 12.5. The molecule has 0 amide bonds. The number of hydrogen-bond acceptors (Lipinski definition) is 2. The Labute approximate surface area is 149 Å². The molecule has 2 nitrogen and oxygen atoms in total. The van der Waals surface area contributed by atoms with Gasteiger partial charge in [0.15, 0.2) is 0 Å². The smallest absolute Gasteiger partial charge is 0.136 e. The standard InChI is InChI=1S/C22H38O2/c1-4-6-8-9-10-12-21-19(14-16-22(21)24)13-15-20(23)17-18(3)11-7-5-2/h4,6,13,15,18-21,23H,5,7-12,14,16-17H2,1-3H3/b6-4+,15-13+/t18-,19-,20+,21+/m0/s1. The van der Waals surface area contributed by atoms with Gasteiger partial charge in [0.05, 0.1) is 6.10 Å². The molecule has 138 valence electrons. The molecule has 0 aromatic heterocycles. The number of rotatable bonds is 12. The summed E-state index contributed by atoms with van der Waals surface area (Å²) in [5, 5.41) is 10.2. The number of carbonyl (C=O) groups is 1. The van der Waals surface area contributed by atoms with Crippen LogP contribution in [0.5, 0.6) is 0 Å². The maximum Gasteiger partial charge on any atom is 0.136 e. The van der Waals surface area contributed by atoms with E-state index in [0.717, 1.165) is 38.5 Å². The fourth-order valence-electron chi connectivity index (χ4n) is 3.77.